The highest BCUT2D eigenvalue weighted by Crippen LogP contribution is 2.30. The summed E-state index contributed by atoms with van der Waals surface area (Å²) in [6.07, 6.45) is -4.37. The van der Waals surface area contributed by atoms with Crippen LogP contribution in [0.5, 0.6) is 0 Å². The first-order valence-corrected chi connectivity index (χ1v) is 4.17. The van der Waals surface area contributed by atoms with E-state index < -0.39 is 11.9 Å². The summed E-state index contributed by atoms with van der Waals surface area (Å²) in [6, 6.07) is 2.20. The lowest BCUT2D eigenvalue weighted by molar-refractivity contribution is -0.153. The highest BCUT2D eigenvalue weighted by molar-refractivity contribution is 9.08. The van der Waals surface area contributed by atoms with E-state index in [9.17, 15) is 13.2 Å². The molecule has 0 saturated heterocycles. The number of rotatable bonds is 1. The van der Waals surface area contributed by atoms with Gasteiger partial charge in [-0.15, -0.1) is 0 Å². The molecule has 0 atom stereocenters. The summed E-state index contributed by atoms with van der Waals surface area (Å²) in [4.78, 5) is 8.00. The van der Waals surface area contributed by atoms with Gasteiger partial charge in [-0.25, -0.2) is 0 Å². The van der Waals surface area contributed by atoms with Crippen molar-refractivity contribution >= 4 is 22.7 Å². The molecule has 1 rings (SSSR count). The molecule has 0 aliphatic rings. The van der Waals surface area contributed by atoms with E-state index in [-0.39, 0.29) is 5.76 Å². The fourth-order valence-electron chi connectivity index (χ4n) is 0.602. The maximum Gasteiger partial charge on any atom is 0.449 e. The summed E-state index contributed by atoms with van der Waals surface area (Å²) in [5.74, 6) is -0.677. The highest BCUT2D eigenvalue weighted by Gasteiger charge is 2.34. The van der Waals surface area contributed by atoms with Crippen LogP contribution in [0.4, 0.5) is 13.2 Å². The summed E-state index contributed by atoms with van der Waals surface area (Å²) in [6.45, 7) is 2.00. The van der Waals surface area contributed by atoms with Gasteiger partial charge in [0, 0.05) is 0 Å². The standard InChI is InChI=1S/C6H4BrF3O.CH2O/c7-3-4-1-2-5(11-4)6(8,9)10;1-2/h1-2H,3H2;1H2. The normalized spacial score (nSPS) is 10.5. The van der Waals surface area contributed by atoms with E-state index in [1.165, 1.54) is 6.07 Å². The fraction of sp³-hybridized carbons (Fsp3) is 0.286. The maximum absolute atomic E-state index is 11.8. The Hall–Kier alpha value is -0.780. The zero-order valence-electron chi connectivity index (χ0n) is 6.40. The van der Waals surface area contributed by atoms with Crippen LogP contribution in [0.25, 0.3) is 0 Å². The van der Waals surface area contributed by atoms with Gasteiger partial charge in [0.25, 0.3) is 0 Å². The Bertz CT molecular complexity index is 256. The van der Waals surface area contributed by atoms with Crippen molar-refractivity contribution in [3.63, 3.8) is 0 Å². The lowest BCUT2D eigenvalue weighted by Crippen LogP contribution is -2.01. The molecule has 0 aromatic carbocycles. The minimum Gasteiger partial charge on any atom is -0.456 e. The Morgan fingerprint density at radius 2 is 1.92 bits per heavy atom. The van der Waals surface area contributed by atoms with Crippen molar-refractivity contribution in [1.82, 2.24) is 0 Å². The smallest absolute Gasteiger partial charge is 0.449 e. The lowest BCUT2D eigenvalue weighted by Gasteiger charge is -1.99. The van der Waals surface area contributed by atoms with Crippen molar-refractivity contribution < 1.29 is 22.4 Å². The van der Waals surface area contributed by atoms with Gasteiger partial charge in [-0.3, -0.25) is 0 Å². The van der Waals surface area contributed by atoms with Crippen LogP contribution >= 0.6 is 15.9 Å². The molecule has 0 bridgehead atoms. The number of hydrogen-bond acceptors (Lipinski definition) is 2. The molecule has 0 N–H and O–H groups in total. The van der Waals surface area contributed by atoms with Crippen LogP contribution in [0.2, 0.25) is 0 Å². The third kappa shape index (κ3) is 3.63. The molecule has 0 radical (unpaired) electrons. The molecule has 74 valence electrons. The van der Waals surface area contributed by atoms with Gasteiger partial charge in [-0.1, -0.05) is 15.9 Å². The molecule has 0 saturated carbocycles. The van der Waals surface area contributed by atoms with E-state index in [0.717, 1.165) is 6.07 Å². The van der Waals surface area contributed by atoms with Gasteiger partial charge in [-0.05, 0) is 12.1 Å². The van der Waals surface area contributed by atoms with Crippen LogP contribution in [0.1, 0.15) is 11.5 Å². The van der Waals surface area contributed by atoms with Crippen molar-refractivity contribution in [1.29, 1.82) is 0 Å². The second kappa shape index (κ2) is 5.06. The molecule has 13 heavy (non-hydrogen) atoms. The zero-order chi connectivity index (χ0) is 10.5. The number of halogens is 4. The number of carbonyl (C=O) groups is 1. The zero-order valence-corrected chi connectivity index (χ0v) is 7.98. The molecule has 0 fully saturated rings. The Balaban J connectivity index is 0.000000671. The number of hydrogen-bond donors (Lipinski definition) is 0. The van der Waals surface area contributed by atoms with Crippen molar-refractivity contribution in [2.75, 3.05) is 0 Å². The highest BCUT2D eigenvalue weighted by atomic mass is 79.9. The SMILES string of the molecule is C=O.FC(F)(F)c1ccc(CBr)o1. The van der Waals surface area contributed by atoms with Crippen molar-refractivity contribution in [3.05, 3.63) is 23.7 Å². The monoisotopic (exact) mass is 258 g/mol. The molecule has 1 aromatic rings. The third-order valence-electron chi connectivity index (χ3n) is 1.07. The van der Waals surface area contributed by atoms with Crippen molar-refractivity contribution in [2.45, 2.75) is 11.5 Å². The van der Waals surface area contributed by atoms with Gasteiger partial charge in [-0.2, -0.15) is 13.2 Å². The predicted octanol–water partition coefficient (Wildman–Crippen LogP) is 3.01. The molecule has 2 nitrogen and oxygen atoms in total. The summed E-state index contributed by atoms with van der Waals surface area (Å²) >= 11 is 2.98. The first kappa shape index (κ1) is 12.2. The van der Waals surface area contributed by atoms with E-state index in [1.54, 1.807) is 0 Å². The molecule has 0 aliphatic carbocycles. The Kier molecular flexibility index (Phi) is 4.76. The van der Waals surface area contributed by atoms with Gasteiger partial charge in [0.15, 0.2) is 0 Å². The van der Waals surface area contributed by atoms with Gasteiger partial charge >= 0.3 is 6.18 Å². The van der Waals surface area contributed by atoms with Crippen LogP contribution in [-0.4, -0.2) is 6.79 Å². The lowest BCUT2D eigenvalue weighted by atomic mass is 10.4. The van der Waals surface area contributed by atoms with E-state index in [1.807, 2.05) is 6.79 Å². The molecule has 1 heterocycles. The predicted molar refractivity (Wildman–Crippen MR) is 43.5 cm³/mol. The molecule has 0 aliphatic heterocycles. The van der Waals surface area contributed by atoms with Gasteiger partial charge in [0.05, 0.1) is 5.33 Å². The van der Waals surface area contributed by atoms with E-state index in [4.69, 9.17) is 4.79 Å². The van der Waals surface area contributed by atoms with Crippen molar-refractivity contribution in [3.8, 4) is 0 Å². The molecule has 0 unspecified atom stereocenters. The first-order chi connectivity index (χ1) is 6.04. The topological polar surface area (TPSA) is 30.2 Å². The summed E-state index contributed by atoms with van der Waals surface area (Å²) in [5, 5.41) is 0.295. The molecule has 0 spiro atoms. The van der Waals surface area contributed by atoms with Gasteiger partial charge < -0.3 is 9.21 Å². The maximum atomic E-state index is 11.8. The molecular formula is C7H6BrF3O2. The van der Waals surface area contributed by atoms with Crippen LogP contribution < -0.4 is 0 Å². The second-order valence-electron chi connectivity index (χ2n) is 1.90. The Morgan fingerprint density at radius 1 is 1.38 bits per heavy atom. The second-order valence-corrected chi connectivity index (χ2v) is 2.46. The van der Waals surface area contributed by atoms with Crippen molar-refractivity contribution in [2.24, 2.45) is 0 Å². The molecular weight excluding hydrogens is 253 g/mol. The molecule has 1 aromatic heterocycles. The van der Waals surface area contributed by atoms with E-state index >= 15 is 0 Å². The Morgan fingerprint density at radius 3 is 2.15 bits per heavy atom. The number of carbonyl (C=O) groups excluding carboxylic acids is 1. The summed E-state index contributed by atoms with van der Waals surface area (Å²) < 4.78 is 39.9. The average Bonchev–Trinajstić information content (AvgIpc) is 2.54. The number of furan rings is 1. The minimum atomic E-state index is -4.37. The summed E-state index contributed by atoms with van der Waals surface area (Å²) in [7, 11) is 0. The van der Waals surface area contributed by atoms with Crippen LogP contribution in [0.3, 0.4) is 0 Å². The van der Waals surface area contributed by atoms with Gasteiger partial charge in [0.2, 0.25) is 5.76 Å². The fourth-order valence-corrected chi connectivity index (χ4v) is 0.903. The molecule has 0 amide bonds. The van der Waals surface area contributed by atoms with Crippen LogP contribution in [0, 0.1) is 0 Å². The number of alkyl halides is 4. The largest absolute Gasteiger partial charge is 0.456 e. The van der Waals surface area contributed by atoms with E-state index in [2.05, 4.69) is 20.3 Å². The average molecular weight is 259 g/mol. The van der Waals surface area contributed by atoms with Crippen LogP contribution in [-0.2, 0) is 16.3 Å². The quantitative estimate of drug-likeness (QED) is 0.725. The molecule has 6 heteroatoms. The van der Waals surface area contributed by atoms with Gasteiger partial charge in [0.1, 0.15) is 12.5 Å². The minimum absolute atomic E-state index is 0.275. The Labute approximate surface area is 80.9 Å². The summed E-state index contributed by atoms with van der Waals surface area (Å²) in [5.41, 5.74) is 0. The first-order valence-electron chi connectivity index (χ1n) is 3.05. The van der Waals surface area contributed by atoms with E-state index in [0.29, 0.717) is 5.33 Å². The third-order valence-corrected chi connectivity index (χ3v) is 1.63. The van der Waals surface area contributed by atoms with Crippen LogP contribution in [0.15, 0.2) is 16.5 Å².